The average Bonchev–Trinajstić information content (AvgIpc) is 2.77. The number of fused-ring (bicyclic) bond motifs is 1. The molecule has 9 heteroatoms. The molecule has 1 aliphatic rings. The molecule has 30 heavy (non-hydrogen) atoms. The molecule has 0 atom stereocenters. The van der Waals surface area contributed by atoms with Crippen LogP contribution in [0.25, 0.3) is 0 Å². The van der Waals surface area contributed by atoms with Gasteiger partial charge in [0.1, 0.15) is 0 Å². The standard InChI is InChI=1S/C21H26N2O6S/c1-5-30(25,26)23-9-8-14-6-7-17(10-16(14)13-23)22-21(24)15-11-18(27-2)20(29-4)19(12-15)28-3/h6-7,10-12H,5,8-9,13H2,1-4H3,(H,22,24). The Morgan fingerprint density at radius 1 is 1.03 bits per heavy atom. The first kappa shape index (κ1) is 21.9. The quantitative estimate of drug-likeness (QED) is 0.720. The van der Waals surface area contributed by atoms with Crippen LogP contribution in [0.5, 0.6) is 17.2 Å². The van der Waals surface area contributed by atoms with Crippen molar-refractivity contribution < 1.29 is 27.4 Å². The predicted molar refractivity (Wildman–Crippen MR) is 114 cm³/mol. The number of nitrogens with zero attached hydrogens (tertiary/aromatic N) is 1. The van der Waals surface area contributed by atoms with Crippen LogP contribution < -0.4 is 19.5 Å². The molecule has 0 radical (unpaired) electrons. The Kier molecular flexibility index (Phi) is 6.52. The van der Waals surface area contributed by atoms with Gasteiger partial charge in [-0.2, -0.15) is 4.31 Å². The minimum Gasteiger partial charge on any atom is -0.493 e. The van der Waals surface area contributed by atoms with Crippen LogP contribution in [0.4, 0.5) is 5.69 Å². The summed E-state index contributed by atoms with van der Waals surface area (Å²) < 4.78 is 41.8. The van der Waals surface area contributed by atoms with Crippen LogP contribution >= 0.6 is 0 Å². The number of carbonyl (C=O) groups is 1. The SMILES string of the molecule is CCS(=O)(=O)N1CCc2ccc(NC(=O)c3cc(OC)c(OC)c(OC)c3)cc2C1. The van der Waals surface area contributed by atoms with E-state index < -0.39 is 10.0 Å². The summed E-state index contributed by atoms with van der Waals surface area (Å²) in [6.45, 7) is 2.42. The second kappa shape index (κ2) is 8.93. The number of benzene rings is 2. The molecule has 2 aromatic rings. The van der Waals surface area contributed by atoms with Crippen LogP contribution in [0.1, 0.15) is 28.4 Å². The van der Waals surface area contributed by atoms with Crippen LogP contribution in [0.15, 0.2) is 30.3 Å². The maximum absolute atomic E-state index is 12.8. The average molecular weight is 435 g/mol. The maximum Gasteiger partial charge on any atom is 0.255 e. The lowest BCUT2D eigenvalue weighted by molar-refractivity contribution is 0.102. The largest absolute Gasteiger partial charge is 0.493 e. The second-order valence-corrected chi connectivity index (χ2v) is 9.09. The first-order valence-electron chi connectivity index (χ1n) is 9.54. The van der Waals surface area contributed by atoms with Gasteiger partial charge in [-0.15, -0.1) is 0 Å². The Morgan fingerprint density at radius 2 is 1.70 bits per heavy atom. The van der Waals surface area contributed by atoms with E-state index >= 15 is 0 Å². The highest BCUT2D eigenvalue weighted by molar-refractivity contribution is 7.89. The van der Waals surface area contributed by atoms with Crippen LogP contribution in [-0.4, -0.2) is 52.3 Å². The lowest BCUT2D eigenvalue weighted by atomic mass is 10.0. The van der Waals surface area contributed by atoms with Crippen LogP contribution in [0.2, 0.25) is 0 Å². The van der Waals surface area contributed by atoms with Crippen molar-refractivity contribution in [1.82, 2.24) is 4.31 Å². The summed E-state index contributed by atoms with van der Waals surface area (Å²) in [6, 6.07) is 8.71. The Bertz CT molecular complexity index is 1030. The van der Waals surface area contributed by atoms with E-state index in [1.807, 2.05) is 18.2 Å². The summed E-state index contributed by atoms with van der Waals surface area (Å²) in [7, 11) is 1.21. The number of nitrogens with one attached hydrogen (secondary N) is 1. The van der Waals surface area contributed by atoms with E-state index in [0.29, 0.717) is 48.0 Å². The normalized spacial score (nSPS) is 14.0. The molecule has 1 aliphatic heterocycles. The Hall–Kier alpha value is -2.78. The zero-order valence-corrected chi connectivity index (χ0v) is 18.3. The van der Waals surface area contributed by atoms with Crippen LogP contribution in [0, 0.1) is 0 Å². The number of carbonyl (C=O) groups excluding carboxylic acids is 1. The van der Waals surface area contributed by atoms with Gasteiger partial charge in [0.2, 0.25) is 15.8 Å². The monoisotopic (exact) mass is 434 g/mol. The molecule has 0 spiro atoms. The van der Waals surface area contributed by atoms with Crippen molar-refractivity contribution in [2.24, 2.45) is 0 Å². The van der Waals surface area contributed by atoms with Gasteiger partial charge in [-0.1, -0.05) is 6.07 Å². The fourth-order valence-electron chi connectivity index (χ4n) is 3.44. The van der Waals surface area contributed by atoms with Gasteiger partial charge in [0.25, 0.3) is 5.91 Å². The Balaban J connectivity index is 1.84. The first-order chi connectivity index (χ1) is 14.3. The van der Waals surface area contributed by atoms with Gasteiger partial charge < -0.3 is 19.5 Å². The van der Waals surface area contributed by atoms with Crippen molar-refractivity contribution in [3.05, 3.63) is 47.0 Å². The third kappa shape index (κ3) is 4.36. The van der Waals surface area contributed by atoms with Gasteiger partial charge in [-0.3, -0.25) is 4.79 Å². The maximum atomic E-state index is 12.8. The summed E-state index contributed by atoms with van der Waals surface area (Å²) in [6.07, 6.45) is 0.648. The van der Waals surface area contributed by atoms with E-state index in [4.69, 9.17) is 14.2 Å². The van der Waals surface area contributed by atoms with E-state index in [-0.39, 0.29) is 11.7 Å². The number of hydrogen-bond acceptors (Lipinski definition) is 6. The predicted octanol–water partition coefficient (Wildman–Crippen LogP) is 2.67. The summed E-state index contributed by atoms with van der Waals surface area (Å²) >= 11 is 0. The van der Waals surface area contributed by atoms with Gasteiger partial charge in [0.15, 0.2) is 11.5 Å². The second-order valence-electron chi connectivity index (χ2n) is 6.84. The molecule has 162 valence electrons. The van der Waals surface area contributed by atoms with Crippen LogP contribution in [-0.2, 0) is 23.0 Å². The number of hydrogen-bond donors (Lipinski definition) is 1. The molecular formula is C21H26N2O6S. The topological polar surface area (TPSA) is 94.2 Å². The zero-order chi connectivity index (χ0) is 21.9. The molecule has 0 saturated carbocycles. The lowest BCUT2D eigenvalue weighted by Crippen LogP contribution is -2.36. The fourth-order valence-corrected chi connectivity index (χ4v) is 4.51. The number of sulfonamides is 1. The van der Waals surface area contributed by atoms with Crippen molar-refractivity contribution >= 4 is 21.6 Å². The molecule has 1 N–H and O–H groups in total. The molecule has 8 nitrogen and oxygen atoms in total. The number of methoxy groups -OCH3 is 3. The van der Waals surface area contributed by atoms with Crippen molar-refractivity contribution in [3.63, 3.8) is 0 Å². The van der Waals surface area contributed by atoms with Crippen molar-refractivity contribution in [3.8, 4) is 17.2 Å². The van der Waals surface area contributed by atoms with E-state index in [1.54, 1.807) is 19.1 Å². The summed E-state index contributed by atoms with van der Waals surface area (Å²) in [5, 5.41) is 2.86. The molecule has 0 aromatic heterocycles. The van der Waals surface area contributed by atoms with Gasteiger partial charge in [0, 0.05) is 24.3 Å². The zero-order valence-electron chi connectivity index (χ0n) is 17.5. The van der Waals surface area contributed by atoms with E-state index in [2.05, 4.69) is 5.32 Å². The molecule has 2 aromatic carbocycles. The molecule has 0 unspecified atom stereocenters. The van der Waals surface area contributed by atoms with Crippen LogP contribution in [0.3, 0.4) is 0 Å². The minimum atomic E-state index is -3.26. The highest BCUT2D eigenvalue weighted by Gasteiger charge is 2.25. The molecule has 0 fully saturated rings. The van der Waals surface area contributed by atoms with E-state index in [9.17, 15) is 13.2 Å². The number of rotatable bonds is 7. The summed E-state index contributed by atoms with van der Waals surface area (Å²) in [5.41, 5.74) is 2.91. The summed E-state index contributed by atoms with van der Waals surface area (Å²) in [4.78, 5) is 12.8. The lowest BCUT2D eigenvalue weighted by Gasteiger charge is -2.28. The minimum absolute atomic E-state index is 0.0693. The smallest absolute Gasteiger partial charge is 0.255 e. The Labute approximate surface area is 176 Å². The molecular weight excluding hydrogens is 408 g/mol. The van der Waals surface area contributed by atoms with Crippen molar-refractivity contribution in [2.45, 2.75) is 19.9 Å². The highest BCUT2D eigenvalue weighted by Crippen LogP contribution is 2.38. The molecule has 1 heterocycles. The number of amides is 1. The molecule has 0 bridgehead atoms. The third-order valence-electron chi connectivity index (χ3n) is 5.13. The molecule has 0 saturated heterocycles. The third-order valence-corrected chi connectivity index (χ3v) is 6.95. The number of anilines is 1. The van der Waals surface area contributed by atoms with Gasteiger partial charge in [-0.25, -0.2) is 8.42 Å². The molecule has 1 amide bonds. The van der Waals surface area contributed by atoms with Crippen molar-refractivity contribution in [2.75, 3.05) is 38.9 Å². The molecule has 0 aliphatic carbocycles. The van der Waals surface area contributed by atoms with E-state index in [1.165, 1.54) is 25.6 Å². The van der Waals surface area contributed by atoms with E-state index in [0.717, 1.165) is 11.1 Å². The number of ether oxygens (including phenoxy) is 3. The van der Waals surface area contributed by atoms with Gasteiger partial charge >= 0.3 is 0 Å². The van der Waals surface area contributed by atoms with Gasteiger partial charge in [0.05, 0.1) is 27.1 Å². The summed E-state index contributed by atoms with van der Waals surface area (Å²) in [5.74, 6) is 0.895. The fraction of sp³-hybridized carbons (Fsp3) is 0.381. The Morgan fingerprint density at radius 3 is 2.27 bits per heavy atom. The first-order valence-corrected chi connectivity index (χ1v) is 11.1. The van der Waals surface area contributed by atoms with Crippen molar-refractivity contribution in [1.29, 1.82) is 0 Å². The van der Waals surface area contributed by atoms with Gasteiger partial charge in [-0.05, 0) is 48.7 Å². The molecule has 3 rings (SSSR count). The highest BCUT2D eigenvalue weighted by atomic mass is 32.2.